The molecule has 2 N–H and O–H groups in total. The van der Waals surface area contributed by atoms with Crippen LogP contribution in [0.15, 0.2) is 30.6 Å². The summed E-state index contributed by atoms with van der Waals surface area (Å²) in [6.07, 6.45) is 3.61. The maximum absolute atomic E-state index is 4.16. The van der Waals surface area contributed by atoms with Gasteiger partial charge >= 0.3 is 0 Å². The molecular formula is C13H17N3. The van der Waals surface area contributed by atoms with Gasteiger partial charge in [-0.3, -0.25) is 0 Å². The van der Waals surface area contributed by atoms with Gasteiger partial charge in [0.2, 0.25) is 0 Å². The van der Waals surface area contributed by atoms with Gasteiger partial charge in [-0.1, -0.05) is 29.3 Å². The molecule has 84 valence electrons. The van der Waals surface area contributed by atoms with Crippen LogP contribution >= 0.6 is 0 Å². The molecular weight excluding hydrogens is 198 g/mol. The monoisotopic (exact) mass is 215 g/mol. The van der Waals surface area contributed by atoms with Crippen molar-refractivity contribution in [2.75, 3.05) is 0 Å². The largest absolute Gasteiger partial charge is 0.348 e. The molecule has 2 rings (SSSR count). The second-order valence-corrected chi connectivity index (χ2v) is 4.14. The number of aryl methyl sites for hydroxylation is 2. The highest BCUT2D eigenvalue weighted by molar-refractivity contribution is 5.28. The molecule has 0 aliphatic carbocycles. The van der Waals surface area contributed by atoms with E-state index in [9.17, 15) is 0 Å². The Labute approximate surface area is 95.9 Å². The lowest BCUT2D eigenvalue weighted by Crippen LogP contribution is -2.13. The fourth-order valence-electron chi connectivity index (χ4n) is 1.89. The molecule has 0 saturated heterocycles. The number of aromatic amines is 1. The molecule has 1 aromatic carbocycles. The SMILES string of the molecule is Cc1cc(C)cc(CNCc2ncc[nH]2)c1. The molecule has 0 radical (unpaired) electrons. The van der Waals surface area contributed by atoms with Gasteiger partial charge in [0.05, 0.1) is 6.54 Å². The van der Waals surface area contributed by atoms with Crippen molar-refractivity contribution < 1.29 is 0 Å². The molecule has 2 aromatic rings. The molecule has 3 nitrogen and oxygen atoms in total. The highest BCUT2D eigenvalue weighted by Gasteiger charge is 1.97. The fraction of sp³-hybridized carbons (Fsp3) is 0.308. The highest BCUT2D eigenvalue weighted by atomic mass is 15.0. The lowest BCUT2D eigenvalue weighted by molar-refractivity contribution is 0.668. The van der Waals surface area contributed by atoms with Gasteiger partial charge < -0.3 is 10.3 Å². The summed E-state index contributed by atoms with van der Waals surface area (Å²) in [4.78, 5) is 7.24. The van der Waals surface area contributed by atoms with Crippen LogP contribution in [0, 0.1) is 13.8 Å². The van der Waals surface area contributed by atoms with E-state index in [1.165, 1.54) is 16.7 Å². The molecule has 3 heteroatoms. The van der Waals surface area contributed by atoms with Gasteiger partial charge in [0.1, 0.15) is 5.82 Å². The number of H-pyrrole nitrogens is 1. The molecule has 0 fully saturated rings. The quantitative estimate of drug-likeness (QED) is 0.821. The Bertz CT molecular complexity index is 426. The number of imidazole rings is 1. The third-order valence-corrected chi connectivity index (χ3v) is 2.46. The number of rotatable bonds is 4. The van der Waals surface area contributed by atoms with E-state index in [0.29, 0.717) is 0 Å². The van der Waals surface area contributed by atoms with Crippen molar-refractivity contribution in [3.63, 3.8) is 0 Å². The molecule has 0 amide bonds. The number of benzene rings is 1. The smallest absolute Gasteiger partial charge is 0.120 e. The number of nitrogens with zero attached hydrogens (tertiary/aromatic N) is 1. The lowest BCUT2D eigenvalue weighted by Gasteiger charge is -2.06. The van der Waals surface area contributed by atoms with E-state index in [0.717, 1.165) is 18.9 Å². The maximum atomic E-state index is 4.16. The van der Waals surface area contributed by atoms with E-state index in [-0.39, 0.29) is 0 Å². The average molecular weight is 215 g/mol. The summed E-state index contributed by atoms with van der Waals surface area (Å²) in [7, 11) is 0. The van der Waals surface area contributed by atoms with Crippen LogP contribution in [0.2, 0.25) is 0 Å². The number of nitrogens with one attached hydrogen (secondary N) is 2. The van der Waals surface area contributed by atoms with Crippen molar-refractivity contribution in [2.24, 2.45) is 0 Å². The van der Waals surface area contributed by atoms with Crippen molar-refractivity contribution >= 4 is 0 Å². The van der Waals surface area contributed by atoms with Crippen LogP contribution in [-0.2, 0) is 13.1 Å². The molecule has 0 unspecified atom stereocenters. The van der Waals surface area contributed by atoms with Crippen LogP contribution in [0.5, 0.6) is 0 Å². The lowest BCUT2D eigenvalue weighted by atomic mass is 10.1. The van der Waals surface area contributed by atoms with Crippen LogP contribution in [-0.4, -0.2) is 9.97 Å². The van der Waals surface area contributed by atoms with E-state index < -0.39 is 0 Å². The first kappa shape index (κ1) is 10.9. The van der Waals surface area contributed by atoms with Crippen molar-refractivity contribution in [1.29, 1.82) is 0 Å². The molecule has 1 heterocycles. The van der Waals surface area contributed by atoms with E-state index in [2.05, 4.69) is 47.3 Å². The van der Waals surface area contributed by atoms with Crippen molar-refractivity contribution in [1.82, 2.24) is 15.3 Å². The van der Waals surface area contributed by atoms with Gasteiger partial charge in [-0.2, -0.15) is 0 Å². The van der Waals surface area contributed by atoms with Gasteiger partial charge in [0, 0.05) is 18.9 Å². The number of hydrogen-bond acceptors (Lipinski definition) is 2. The van der Waals surface area contributed by atoms with Crippen LogP contribution < -0.4 is 5.32 Å². The Kier molecular flexibility index (Phi) is 3.37. The minimum Gasteiger partial charge on any atom is -0.348 e. The Morgan fingerprint density at radius 1 is 1.12 bits per heavy atom. The van der Waals surface area contributed by atoms with Crippen molar-refractivity contribution in [2.45, 2.75) is 26.9 Å². The van der Waals surface area contributed by atoms with E-state index in [4.69, 9.17) is 0 Å². The van der Waals surface area contributed by atoms with Gasteiger partial charge in [0.15, 0.2) is 0 Å². The number of hydrogen-bond donors (Lipinski definition) is 2. The van der Waals surface area contributed by atoms with Gasteiger partial charge in [-0.15, -0.1) is 0 Å². The zero-order valence-corrected chi connectivity index (χ0v) is 9.75. The van der Waals surface area contributed by atoms with Gasteiger partial charge in [-0.25, -0.2) is 4.98 Å². The minimum atomic E-state index is 0.778. The summed E-state index contributed by atoms with van der Waals surface area (Å²) in [6.45, 7) is 5.91. The van der Waals surface area contributed by atoms with Crippen LogP contribution in [0.4, 0.5) is 0 Å². The van der Waals surface area contributed by atoms with Crippen molar-refractivity contribution in [3.8, 4) is 0 Å². The first-order chi connectivity index (χ1) is 7.74. The predicted molar refractivity (Wildman–Crippen MR) is 65.0 cm³/mol. The van der Waals surface area contributed by atoms with Crippen LogP contribution in [0.3, 0.4) is 0 Å². The van der Waals surface area contributed by atoms with E-state index in [1.807, 2.05) is 6.20 Å². The Morgan fingerprint density at radius 2 is 1.88 bits per heavy atom. The van der Waals surface area contributed by atoms with Crippen LogP contribution in [0.1, 0.15) is 22.5 Å². The topological polar surface area (TPSA) is 40.7 Å². The normalized spacial score (nSPS) is 10.6. The summed E-state index contributed by atoms with van der Waals surface area (Å²) >= 11 is 0. The molecule has 0 aliphatic rings. The Hall–Kier alpha value is -1.61. The average Bonchev–Trinajstić information content (AvgIpc) is 2.69. The summed E-state index contributed by atoms with van der Waals surface area (Å²) in [5.74, 6) is 0.976. The third kappa shape index (κ3) is 2.94. The summed E-state index contributed by atoms with van der Waals surface area (Å²) in [5, 5.41) is 3.36. The zero-order valence-electron chi connectivity index (χ0n) is 9.75. The summed E-state index contributed by atoms with van der Waals surface area (Å²) in [5.41, 5.74) is 3.95. The predicted octanol–water partition coefficient (Wildman–Crippen LogP) is 2.32. The zero-order chi connectivity index (χ0) is 11.4. The van der Waals surface area contributed by atoms with Gasteiger partial charge in [0.25, 0.3) is 0 Å². The second-order valence-electron chi connectivity index (χ2n) is 4.14. The molecule has 0 aliphatic heterocycles. The van der Waals surface area contributed by atoms with Gasteiger partial charge in [-0.05, 0) is 19.4 Å². The standard InChI is InChI=1S/C13H17N3/c1-10-5-11(2)7-12(6-10)8-14-9-13-15-3-4-16-13/h3-7,14H,8-9H2,1-2H3,(H,15,16). The number of aromatic nitrogens is 2. The molecule has 16 heavy (non-hydrogen) atoms. The second kappa shape index (κ2) is 4.94. The first-order valence-corrected chi connectivity index (χ1v) is 5.50. The summed E-state index contributed by atoms with van der Waals surface area (Å²) in [6, 6.07) is 6.61. The molecule has 0 bridgehead atoms. The highest BCUT2D eigenvalue weighted by Crippen LogP contribution is 2.08. The first-order valence-electron chi connectivity index (χ1n) is 5.50. The summed E-state index contributed by atoms with van der Waals surface area (Å²) < 4.78 is 0. The maximum Gasteiger partial charge on any atom is 0.120 e. The third-order valence-electron chi connectivity index (χ3n) is 2.46. The van der Waals surface area contributed by atoms with E-state index in [1.54, 1.807) is 6.20 Å². The fourth-order valence-corrected chi connectivity index (χ4v) is 1.89. The Morgan fingerprint density at radius 3 is 2.50 bits per heavy atom. The molecule has 0 atom stereocenters. The molecule has 1 aromatic heterocycles. The minimum absolute atomic E-state index is 0.778. The van der Waals surface area contributed by atoms with Crippen molar-refractivity contribution in [3.05, 3.63) is 53.1 Å². The molecule has 0 saturated carbocycles. The molecule has 0 spiro atoms. The Balaban J connectivity index is 1.89. The van der Waals surface area contributed by atoms with E-state index >= 15 is 0 Å². The van der Waals surface area contributed by atoms with Crippen LogP contribution in [0.25, 0.3) is 0 Å².